The first kappa shape index (κ1) is 14.4. The topological polar surface area (TPSA) is 0 Å². The van der Waals surface area contributed by atoms with Gasteiger partial charge in [0.15, 0.2) is 0 Å². The van der Waals surface area contributed by atoms with Gasteiger partial charge in [-0.2, -0.15) is 27.0 Å². The van der Waals surface area contributed by atoms with Crippen LogP contribution in [0.1, 0.15) is 40.5 Å². The molecule has 0 heterocycles. The van der Waals surface area contributed by atoms with Gasteiger partial charge in [-0.25, -0.2) is 0 Å². The van der Waals surface area contributed by atoms with Gasteiger partial charge in [0.1, 0.15) is 0 Å². The fourth-order valence-corrected chi connectivity index (χ4v) is 3.04. The van der Waals surface area contributed by atoms with Gasteiger partial charge in [0, 0.05) is 0 Å². The quantitative estimate of drug-likeness (QED) is 0.602. The van der Waals surface area contributed by atoms with Crippen LogP contribution >= 0.6 is 27.0 Å². The van der Waals surface area contributed by atoms with Gasteiger partial charge in [-0.05, 0) is 36.0 Å². The van der Waals surface area contributed by atoms with Crippen LogP contribution in [-0.4, -0.2) is 0 Å². The first-order valence-corrected chi connectivity index (χ1v) is 5.23. The first-order chi connectivity index (χ1) is 5.53. The Morgan fingerprint density at radius 1 is 1.29 bits per heavy atom. The van der Waals surface area contributed by atoms with Crippen molar-refractivity contribution in [3.8, 4) is 0 Å². The molecule has 2 atom stereocenters. The van der Waals surface area contributed by atoms with E-state index in [0.717, 1.165) is 17.8 Å². The molecule has 0 amide bonds. The van der Waals surface area contributed by atoms with Crippen molar-refractivity contribution in [2.24, 2.45) is 23.2 Å². The van der Waals surface area contributed by atoms with E-state index in [1.54, 1.807) is 5.57 Å². The van der Waals surface area contributed by atoms with Gasteiger partial charge in [-0.1, -0.05) is 39.3 Å². The lowest BCUT2D eigenvalue weighted by Crippen LogP contribution is -2.48. The van der Waals surface area contributed by atoms with Crippen molar-refractivity contribution in [1.29, 1.82) is 0 Å². The molecule has 0 radical (unpaired) electrons. The molecule has 0 N–H and O–H groups in total. The molecular weight excluding hydrogens is 208 g/mol. The molecule has 2 bridgehead atoms. The molecule has 3 aliphatic rings. The third-order valence-corrected chi connectivity index (χ3v) is 4.18. The predicted molar refractivity (Wildman–Crippen MR) is 73.7 cm³/mol. The molecule has 0 nitrogen and oxygen atoms in total. The minimum Gasteiger partial charge on any atom is -0.197 e. The Labute approximate surface area is 102 Å². The predicted octanol–water partition coefficient (Wildman–Crippen LogP) is 3.86. The van der Waals surface area contributed by atoms with Gasteiger partial charge in [0.25, 0.3) is 0 Å². The minimum absolute atomic E-state index is 0. The molecule has 0 aromatic rings. The van der Waals surface area contributed by atoms with Crippen molar-refractivity contribution in [3.63, 3.8) is 0 Å². The maximum Gasteiger partial charge on any atom is -0.0144 e. The van der Waals surface area contributed by atoms with Crippen molar-refractivity contribution in [2.75, 3.05) is 0 Å². The molecule has 0 aliphatic heterocycles. The molecule has 2 heteroatoms. The van der Waals surface area contributed by atoms with Crippen LogP contribution in [-0.2, 0) is 0 Å². The summed E-state index contributed by atoms with van der Waals surface area (Å²) in [6, 6.07) is 0. The summed E-state index contributed by atoms with van der Waals surface area (Å²) in [5.74, 6) is 2.68. The van der Waals surface area contributed by atoms with Crippen molar-refractivity contribution in [1.82, 2.24) is 0 Å². The molecule has 0 saturated heterocycles. The van der Waals surface area contributed by atoms with Crippen molar-refractivity contribution >= 4 is 27.0 Å². The zero-order valence-electron chi connectivity index (χ0n) is 9.72. The van der Waals surface area contributed by atoms with Gasteiger partial charge in [0.05, 0.1) is 0 Å². The molecule has 0 spiro atoms. The summed E-state index contributed by atoms with van der Waals surface area (Å²) in [6.45, 7) is 9.56. The molecule has 14 heavy (non-hydrogen) atoms. The second kappa shape index (κ2) is 4.52. The average Bonchev–Trinajstić information content (AvgIpc) is 2.04. The zero-order valence-corrected chi connectivity index (χ0v) is 11.7. The summed E-state index contributed by atoms with van der Waals surface area (Å²) in [4.78, 5) is 0. The SMILES string of the molecule is CC(C)C1=CC[C@H]2C[C@@H]1C2(C)C.S.S. The fraction of sp³-hybridized carbons (Fsp3) is 0.833. The van der Waals surface area contributed by atoms with E-state index in [1.165, 1.54) is 12.8 Å². The number of hydrogen-bond donors (Lipinski definition) is 0. The van der Waals surface area contributed by atoms with Gasteiger partial charge >= 0.3 is 0 Å². The van der Waals surface area contributed by atoms with Crippen LogP contribution in [0.3, 0.4) is 0 Å². The maximum absolute atomic E-state index is 2.51. The van der Waals surface area contributed by atoms with E-state index >= 15 is 0 Å². The van der Waals surface area contributed by atoms with E-state index in [0.29, 0.717) is 5.41 Å². The highest BCUT2D eigenvalue weighted by Gasteiger charge is 2.51. The zero-order chi connectivity index (χ0) is 8.93. The Bertz CT molecular complexity index is 228. The molecule has 0 unspecified atom stereocenters. The van der Waals surface area contributed by atoms with E-state index in [9.17, 15) is 0 Å². The maximum atomic E-state index is 2.51. The molecule has 0 aromatic carbocycles. The van der Waals surface area contributed by atoms with E-state index < -0.39 is 0 Å². The van der Waals surface area contributed by atoms with Crippen molar-refractivity contribution in [3.05, 3.63) is 11.6 Å². The standard InChI is InChI=1S/C12H20.2H2S/c1-8(2)10-6-5-9-7-11(10)12(9,3)4;;/h6,8-9,11H,5,7H2,1-4H3;2*1H2/t9-,11-;;/m0../s1. The monoisotopic (exact) mass is 232 g/mol. The van der Waals surface area contributed by atoms with Crippen LogP contribution in [0.2, 0.25) is 0 Å². The summed E-state index contributed by atoms with van der Waals surface area (Å²) in [7, 11) is 0. The Kier molecular flexibility index (Phi) is 4.67. The molecule has 1 saturated carbocycles. The minimum atomic E-state index is 0. The van der Waals surface area contributed by atoms with Crippen LogP contribution in [0, 0.1) is 23.2 Å². The van der Waals surface area contributed by atoms with Gasteiger partial charge < -0.3 is 0 Å². The highest BCUT2D eigenvalue weighted by atomic mass is 32.1. The second-order valence-electron chi connectivity index (χ2n) is 5.40. The number of fused-ring (bicyclic) bond motifs is 1. The summed E-state index contributed by atoms with van der Waals surface area (Å²) in [6.07, 6.45) is 5.32. The third kappa shape index (κ3) is 1.88. The van der Waals surface area contributed by atoms with Gasteiger partial charge in [-0.15, -0.1) is 0 Å². The summed E-state index contributed by atoms with van der Waals surface area (Å²) < 4.78 is 0. The van der Waals surface area contributed by atoms with E-state index in [-0.39, 0.29) is 27.0 Å². The lowest BCUT2D eigenvalue weighted by molar-refractivity contribution is -0.0116. The Morgan fingerprint density at radius 3 is 2.14 bits per heavy atom. The number of rotatable bonds is 1. The summed E-state index contributed by atoms with van der Waals surface area (Å²) in [5.41, 5.74) is 2.36. The third-order valence-electron chi connectivity index (χ3n) is 4.18. The highest BCUT2D eigenvalue weighted by Crippen LogP contribution is 2.60. The molecule has 84 valence electrons. The van der Waals surface area contributed by atoms with E-state index in [4.69, 9.17) is 0 Å². The molecule has 3 rings (SSSR count). The van der Waals surface area contributed by atoms with Gasteiger partial charge in [-0.3, -0.25) is 0 Å². The first-order valence-electron chi connectivity index (χ1n) is 5.23. The molecule has 0 aromatic heterocycles. The van der Waals surface area contributed by atoms with Crippen LogP contribution in [0.4, 0.5) is 0 Å². The van der Waals surface area contributed by atoms with E-state index in [2.05, 4.69) is 33.8 Å². The second-order valence-corrected chi connectivity index (χ2v) is 5.40. The summed E-state index contributed by atoms with van der Waals surface area (Å²) in [5, 5.41) is 0. The normalized spacial score (nSPS) is 32.2. The lowest BCUT2D eigenvalue weighted by Gasteiger charge is -2.57. The van der Waals surface area contributed by atoms with Crippen LogP contribution in [0.25, 0.3) is 0 Å². The van der Waals surface area contributed by atoms with Crippen molar-refractivity contribution in [2.45, 2.75) is 40.5 Å². The number of hydrogen-bond acceptors (Lipinski definition) is 0. The summed E-state index contributed by atoms with van der Waals surface area (Å²) >= 11 is 0. The van der Waals surface area contributed by atoms with E-state index in [1.807, 2.05) is 0 Å². The lowest BCUT2D eigenvalue weighted by atomic mass is 9.48. The Morgan fingerprint density at radius 2 is 1.86 bits per heavy atom. The Balaban J connectivity index is 0.000000845. The van der Waals surface area contributed by atoms with Crippen molar-refractivity contribution < 1.29 is 0 Å². The Hall–Kier alpha value is 0.440. The molecular formula is C12H24S2. The smallest absolute Gasteiger partial charge is 0.0144 e. The fourth-order valence-electron chi connectivity index (χ4n) is 3.04. The van der Waals surface area contributed by atoms with Crippen LogP contribution in [0.15, 0.2) is 11.6 Å². The van der Waals surface area contributed by atoms with Crippen LogP contribution < -0.4 is 0 Å². The van der Waals surface area contributed by atoms with Gasteiger partial charge in [0.2, 0.25) is 0 Å². The largest absolute Gasteiger partial charge is 0.197 e. The number of allylic oxidation sites excluding steroid dienone is 2. The molecule has 3 aliphatic carbocycles. The molecule has 1 fully saturated rings. The highest BCUT2D eigenvalue weighted by molar-refractivity contribution is 7.59. The van der Waals surface area contributed by atoms with Crippen LogP contribution in [0.5, 0.6) is 0 Å². The average molecular weight is 232 g/mol.